The smallest absolute Gasteiger partial charge is 0.320 e. The van der Waals surface area contributed by atoms with Crippen molar-refractivity contribution in [2.75, 3.05) is 5.32 Å². The van der Waals surface area contributed by atoms with E-state index in [4.69, 9.17) is 0 Å². The molecule has 0 saturated carbocycles. The van der Waals surface area contributed by atoms with E-state index < -0.39 is 5.54 Å². The summed E-state index contributed by atoms with van der Waals surface area (Å²) >= 11 is 1.52. The molecule has 2 aromatic heterocycles. The molecule has 2 aromatic rings. The zero-order valence-corrected chi connectivity index (χ0v) is 13.8. The minimum absolute atomic E-state index is 0.244. The Bertz CT molecular complexity index is 615. The predicted octanol–water partition coefficient (Wildman–Crippen LogP) is 3.06. The summed E-state index contributed by atoms with van der Waals surface area (Å²) in [4.78, 5) is 16.5. The van der Waals surface area contributed by atoms with Crippen LogP contribution in [0.1, 0.15) is 44.3 Å². The fourth-order valence-electron chi connectivity index (χ4n) is 2.05. The standard InChI is InChI=1S/C14H21N5OS/c1-9(2)11-10(8-19(5)18-11)16-13(20)17-14(3,4)12-15-6-7-21-12/h6-9H,1-5H3,(H2,16,17,20). The molecule has 0 aromatic carbocycles. The number of anilines is 1. The summed E-state index contributed by atoms with van der Waals surface area (Å²) < 4.78 is 1.71. The van der Waals surface area contributed by atoms with Crippen molar-refractivity contribution in [3.8, 4) is 0 Å². The highest BCUT2D eigenvalue weighted by Gasteiger charge is 2.26. The number of nitrogens with one attached hydrogen (secondary N) is 2. The molecule has 0 bridgehead atoms. The molecule has 0 radical (unpaired) electrons. The first-order chi connectivity index (χ1) is 9.79. The highest BCUT2D eigenvalue weighted by Crippen LogP contribution is 2.24. The van der Waals surface area contributed by atoms with Gasteiger partial charge in [0.1, 0.15) is 5.01 Å². The number of urea groups is 1. The van der Waals surface area contributed by atoms with E-state index in [1.807, 2.05) is 46.3 Å². The van der Waals surface area contributed by atoms with Gasteiger partial charge in [0.15, 0.2) is 0 Å². The molecule has 21 heavy (non-hydrogen) atoms. The Labute approximate surface area is 128 Å². The largest absolute Gasteiger partial charge is 0.326 e. The molecule has 114 valence electrons. The summed E-state index contributed by atoms with van der Waals surface area (Å²) in [6.07, 6.45) is 3.55. The zero-order valence-electron chi connectivity index (χ0n) is 13.0. The van der Waals surface area contributed by atoms with Gasteiger partial charge < -0.3 is 10.6 Å². The number of rotatable bonds is 4. The number of amides is 2. The van der Waals surface area contributed by atoms with Crippen molar-refractivity contribution in [1.29, 1.82) is 0 Å². The first kappa shape index (κ1) is 15.5. The average molecular weight is 307 g/mol. The SMILES string of the molecule is CC(C)c1nn(C)cc1NC(=O)NC(C)(C)c1nccs1. The van der Waals surface area contributed by atoms with E-state index in [2.05, 4.69) is 20.7 Å². The maximum Gasteiger partial charge on any atom is 0.320 e. The van der Waals surface area contributed by atoms with E-state index in [9.17, 15) is 4.79 Å². The summed E-state index contributed by atoms with van der Waals surface area (Å²) in [7, 11) is 1.84. The van der Waals surface area contributed by atoms with Gasteiger partial charge in [0.05, 0.1) is 16.9 Å². The Hall–Kier alpha value is -1.89. The van der Waals surface area contributed by atoms with E-state index in [0.29, 0.717) is 0 Å². The predicted molar refractivity (Wildman–Crippen MR) is 84.6 cm³/mol. The van der Waals surface area contributed by atoms with Crippen molar-refractivity contribution >= 4 is 23.1 Å². The molecule has 2 heterocycles. The molecule has 0 unspecified atom stereocenters. The Kier molecular flexibility index (Phi) is 4.32. The lowest BCUT2D eigenvalue weighted by Crippen LogP contribution is -2.43. The topological polar surface area (TPSA) is 71.8 Å². The molecule has 0 aliphatic carbocycles. The number of aromatic nitrogens is 3. The fraction of sp³-hybridized carbons (Fsp3) is 0.500. The van der Waals surface area contributed by atoms with Crippen molar-refractivity contribution in [2.24, 2.45) is 7.05 Å². The van der Waals surface area contributed by atoms with Crippen LogP contribution in [0, 0.1) is 0 Å². The van der Waals surface area contributed by atoms with Gasteiger partial charge in [-0.05, 0) is 19.8 Å². The zero-order chi connectivity index (χ0) is 15.6. The van der Waals surface area contributed by atoms with Gasteiger partial charge in [-0.25, -0.2) is 9.78 Å². The summed E-state index contributed by atoms with van der Waals surface area (Å²) in [6.45, 7) is 7.95. The van der Waals surface area contributed by atoms with Crippen molar-refractivity contribution in [1.82, 2.24) is 20.1 Å². The highest BCUT2D eigenvalue weighted by molar-refractivity contribution is 7.09. The second kappa shape index (κ2) is 5.85. The molecule has 0 atom stereocenters. The van der Waals surface area contributed by atoms with Gasteiger partial charge in [-0.3, -0.25) is 4.68 Å². The molecule has 6 nitrogen and oxygen atoms in total. The quantitative estimate of drug-likeness (QED) is 0.912. The lowest BCUT2D eigenvalue weighted by Gasteiger charge is -2.24. The van der Waals surface area contributed by atoms with E-state index in [-0.39, 0.29) is 11.9 Å². The molecular weight excluding hydrogens is 286 g/mol. The van der Waals surface area contributed by atoms with Crippen molar-refractivity contribution in [3.63, 3.8) is 0 Å². The summed E-state index contributed by atoms with van der Waals surface area (Å²) in [5.41, 5.74) is 1.10. The Morgan fingerprint density at radius 3 is 2.71 bits per heavy atom. The van der Waals surface area contributed by atoms with Crippen LogP contribution in [0.3, 0.4) is 0 Å². The number of thiazole rings is 1. The van der Waals surface area contributed by atoms with Gasteiger partial charge in [-0.15, -0.1) is 11.3 Å². The lowest BCUT2D eigenvalue weighted by atomic mass is 10.1. The van der Waals surface area contributed by atoms with Crippen LogP contribution in [0.4, 0.5) is 10.5 Å². The van der Waals surface area contributed by atoms with Crippen LogP contribution in [0.15, 0.2) is 17.8 Å². The minimum Gasteiger partial charge on any atom is -0.326 e. The Balaban J connectivity index is 2.09. The summed E-state index contributed by atoms with van der Waals surface area (Å²) in [6, 6.07) is -0.259. The number of carbonyl (C=O) groups is 1. The van der Waals surface area contributed by atoms with Gasteiger partial charge in [0.2, 0.25) is 0 Å². The first-order valence-corrected chi connectivity index (χ1v) is 7.70. The summed E-state index contributed by atoms with van der Waals surface area (Å²) in [5.74, 6) is 0.244. The molecule has 2 amide bonds. The number of hydrogen-bond donors (Lipinski definition) is 2. The van der Waals surface area contributed by atoms with E-state index in [1.165, 1.54) is 11.3 Å². The normalized spacial score (nSPS) is 11.7. The highest BCUT2D eigenvalue weighted by atomic mass is 32.1. The molecule has 0 aliphatic rings. The maximum absolute atomic E-state index is 12.2. The monoisotopic (exact) mass is 307 g/mol. The Morgan fingerprint density at radius 1 is 1.43 bits per heavy atom. The molecule has 0 fully saturated rings. The van der Waals surface area contributed by atoms with Gasteiger partial charge in [0.25, 0.3) is 0 Å². The molecule has 7 heteroatoms. The van der Waals surface area contributed by atoms with E-state index in [1.54, 1.807) is 10.9 Å². The van der Waals surface area contributed by atoms with Crippen LogP contribution in [0.5, 0.6) is 0 Å². The van der Waals surface area contributed by atoms with Crippen LogP contribution in [-0.4, -0.2) is 20.8 Å². The molecule has 2 N–H and O–H groups in total. The number of aryl methyl sites for hydroxylation is 1. The van der Waals surface area contributed by atoms with Crippen LogP contribution in [-0.2, 0) is 12.6 Å². The first-order valence-electron chi connectivity index (χ1n) is 6.82. The van der Waals surface area contributed by atoms with Crippen LogP contribution in [0.25, 0.3) is 0 Å². The third-order valence-corrected chi connectivity index (χ3v) is 4.14. The summed E-state index contributed by atoms with van der Waals surface area (Å²) in [5, 5.41) is 13.0. The number of carbonyl (C=O) groups excluding carboxylic acids is 1. The lowest BCUT2D eigenvalue weighted by molar-refractivity contribution is 0.241. The van der Waals surface area contributed by atoms with Crippen LogP contribution >= 0.6 is 11.3 Å². The van der Waals surface area contributed by atoms with Crippen molar-refractivity contribution < 1.29 is 4.79 Å². The number of hydrogen-bond acceptors (Lipinski definition) is 4. The molecule has 2 rings (SSSR count). The van der Waals surface area contributed by atoms with Gasteiger partial charge in [-0.1, -0.05) is 13.8 Å². The third-order valence-electron chi connectivity index (χ3n) is 3.05. The third kappa shape index (κ3) is 3.60. The number of nitrogens with zero attached hydrogens (tertiary/aromatic N) is 3. The minimum atomic E-state index is -0.515. The molecule has 0 saturated heterocycles. The molecule has 0 aliphatic heterocycles. The second-order valence-electron chi connectivity index (χ2n) is 5.80. The van der Waals surface area contributed by atoms with Crippen LogP contribution < -0.4 is 10.6 Å². The van der Waals surface area contributed by atoms with E-state index >= 15 is 0 Å². The van der Waals surface area contributed by atoms with E-state index in [0.717, 1.165) is 16.4 Å². The molecule has 0 spiro atoms. The van der Waals surface area contributed by atoms with Crippen LogP contribution in [0.2, 0.25) is 0 Å². The maximum atomic E-state index is 12.2. The average Bonchev–Trinajstić information content (AvgIpc) is 2.97. The fourth-order valence-corrected chi connectivity index (χ4v) is 2.77. The van der Waals surface area contributed by atoms with Crippen molar-refractivity contribution in [2.45, 2.75) is 39.2 Å². The van der Waals surface area contributed by atoms with Gasteiger partial charge in [-0.2, -0.15) is 5.10 Å². The Morgan fingerprint density at radius 2 is 2.14 bits per heavy atom. The second-order valence-corrected chi connectivity index (χ2v) is 6.69. The van der Waals surface area contributed by atoms with Crippen molar-refractivity contribution in [3.05, 3.63) is 28.5 Å². The van der Waals surface area contributed by atoms with Gasteiger partial charge in [0, 0.05) is 24.8 Å². The molecular formula is C14H21N5OS. The van der Waals surface area contributed by atoms with Gasteiger partial charge >= 0.3 is 6.03 Å².